The molecule has 0 fully saturated rings. The number of anilines is 1. The minimum atomic E-state index is 1.02. The molecule has 17 heavy (non-hydrogen) atoms. The van der Waals surface area contributed by atoms with Gasteiger partial charge in [-0.1, -0.05) is 34.1 Å². The van der Waals surface area contributed by atoms with E-state index in [1.165, 1.54) is 24.0 Å². The average Bonchev–Trinajstić information content (AvgIpc) is 2.59. The second-order valence-electron chi connectivity index (χ2n) is 4.29. The van der Waals surface area contributed by atoms with Crippen LogP contribution in [0.1, 0.15) is 18.4 Å². The van der Waals surface area contributed by atoms with Crippen LogP contribution in [0.3, 0.4) is 0 Å². The van der Waals surface area contributed by atoms with Crippen LogP contribution in [0.4, 0.5) is 5.82 Å². The van der Waals surface area contributed by atoms with Gasteiger partial charge in [-0.2, -0.15) is 5.10 Å². The van der Waals surface area contributed by atoms with Gasteiger partial charge in [-0.25, -0.2) is 0 Å². The van der Waals surface area contributed by atoms with Crippen molar-refractivity contribution in [2.75, 3.05) is 11.9 Å². The van der Waals surface area contributed by atoms with Gasteiger partial charge in [0, 0.05) is 22.1 Å². The number of H-pyrrole nitrogens is 1. The van der Waals surface area contributed by atoms with Crippen molar-refractivity contribution in [3.05, 3.63) is 34.3 Å². The standard InChI is InChI=1S/C13H14BrN3/c14-11-7-2-1-5-9(11)12-10-6-3-4-8-15-13(10)17-16-12/h1-2,5,7H,3-4,6,8H2,(H2,15,16,17). The topological polar surface area (TPSA) is 40.7 Å². The maximum absolute atomic E-state index is 4.38. The molecule has 88 valence electrons. The van der Waals surface area contributed by atoms with Gasteiger partial charge in [0.05, 0.1) is 5.69 Å². The molecule has 2 heterocycles. The van der Waals surface area contributed by atoms with E-state index >= 15 is 0 Å². The minimum absolute atomic E-state index is 1.02. The third-order valence-corrected chi connectivity index (χ3v) is 3.85. The van der Waals surface area contributed by atoms with Crippen molar-refractivity contribution in [3.8, 4) is 11.3 Å². The molecule has 1 aliphatic rings. The number of nitrogens with zero attached hydrogens (tertiary/aromatic N) is 1. The molecular formula is C13H14BrN3. The predicted molar refractivity (Wildman–Crippen MR) is 73.2 cm³/mol. The molecule has 1 aromatic carbocycles. The first-order chi connectivity index (χ1) is 8.36. The molecule has 0 unspecified atom stereocenters. The van der Waals surface area contributed by atoms with Crippen molar-refractivity contribution in [2.24, 2.45) is 0 Å². The van der Waals surface area contributed by atoms with E-state index in [2.05, 4.69) is 49.6 Å². The zero-order valence-electron chi connectivity index (χ0n) is 9.46. The van der Waals surface area contributed by atoms with E-state index in [1.54, 1.807) is 0 Å². The number of aromatic amines is 1. The van der Waals surface area contributed by atoms with E-state index in [-0.39, 0.29) is 0 Å². The lowest BCUT2D eigenvalue weighted by Crippen LogP contribution is -1.99. The smallest absolute Gasteiger partial charge is 0.151 e. The fourth-order valence-electron chi connectivity index (χ4n) is 2.28. The summed E-state index contributed by atoms with van der Waals surface area (Å²) in [6.07, 6.45) is 3.53. The molecule has 0 bridgehead atoms. The van der Waals surface area contributed by atoms with E-state index in [0.717, 1.165) is 29.0 Å². The SMILES string of the molecule is Brc1ccccc1-c1[nH]nc2c1CCCCN2. The summed E-state index contributed by atoms with van der Waals surface area (Å²) in [6, 6.07) is 8.26. The molecule has 2 N–H and O–H groups in total. The number of benzene rings is 1. The van der Waals surface area contributed by atoms with Gasteiger partial charge in [0.25, 0.3) is 0 Å². The summed E-state index contributed by atoms with van der Waals surface area (Å²) in [7, 11) is 0. The number of fused-ring (bicyclic) bond motifs is 1. The van der Waals surface area contributed by atoms with Gasteiger partial charge < -0.3 is 5.32 Å². The molecule has 0 saturated heterocycles. The van der Waals surface area contributed by atoms with Crippen LogP contribution in [0.15, 0.2) is 28.7 Å². The number of halogens is 1. The minimum Gasteiger partial charge on any atom is -0.368 e. The largest absolute Gasteiger partial charge is 0.368 e. The molecule has 0 aliphatic carbocycles. The van der Waals surface area contributed by atoms with E-state index in [9.17, 15) is 0 Å². The average molecular weight is 292 g/mol. The van der Waals surface area contributed by atoms with Crippen LogP contribution in [0.2, 0.25) is 0 Å². The maximum atomic E-state index is 4.38. The predicted octanol–water partition coefficient (Wildman–Crippen LogP) is 3.59. The Balaban J connectivity index is 2.10. The molecule has 0 atom stereocenters. The Labute approximate surface area is 109 Å². The Morgan fingerprint density at radius 2 is 2.06 bits per heavy atom. The highest BCUT2D eigenvalue weighted by molar-refractivity contribution is 9.10. The van der Waals surface area contributed by atoms with Crippen LogP contribution in [0, 0.1) is 0 Å². The van der Waals surface area contributed by atoms with Crippen molar-refractivity contribution >= 4 is 21.7 Å². The molecule has 3 nitrogen and oxygen atoms in total. The molecule has 2 aromatic rings. The number of hydrogen-bond donors (Lipinski definition) is 2. The van der Waals surface area contributed by atoms with Crippen molar-refractivity contribution in [1.29, 1.82) is 0 Å². The van der Waals surface area contributed by atoms with Gasteiger partial charge >= 0.3 is 0 Å². The lowest BCUT2D eigenvalue weighted by atomic mass is 10.0. The highest BCUT2D eigenvalue weighted by Gasteiger charge is 2.17. The van der Waals surface area contributed by atoms with E-state index in [4.69, 9.17) is 0 Å². The van der Waals surface area contributed by atoms with E-state index in [1.807, 2.05) is 6.07 Å². The Morgan fingerprint density at radius 3 is 2.94 bits per heavy atom. The molecule has 0 spiro atoms. The van der Waals surface area contributed by atoms with Gasteiger partial charge in [-0.15, -0.1) is 0 Å². The third-order valence-electron chi connectivity index (χ3n) is 3.16. The van der Waals surface area contributed by atoms with Crippen molar-refractivity contribution in [2.45, 2.75) is 19.3 Å². The number of nitrogens with one attached hydrogen (secondary N) is 2. The normalized spacial score (nSPS) is 14.9. The first kappa shape index (κ1) is 10.8. The van der Waals surface area contributed by atoms with Crippen LogP contribution in [-0.2, 0) is 6.42 Å². The summed E-state index contributed by atoms with van der Waals surface area (Å²) < 4.78 is 1.11. The zero-order valence-corrected chi connectivity index (χ0v) is 11.0. The van der Waals surface area contributed by atoms with Crippen LogP contribution in [0.5, 0.6) is 0 Å². The monoisotopic (exact) mass is 291 g/mol. The van der Waals surface area contributed by atoms with Crippen LogP contribution >= 0.6 is 15.9 Å². The van der Waals surface area contributed by atoms with Gasteiger partial charge in [0.1, 0.15) is 0 Å². The molecular weight excluding hydrogens is 278 g/mol. The Bertz CT molecular complexity index is 533. The first-order valence-electron chi connectivity index (χ1n) is 5.92. The highest BCUT2D eigenvalue weighted by atomic mass is 79.9. The summed E-state index contributed by atoms with van der Waals surface area (Å²) in [6.45, 7) is 1.02. The summed E-state index contributed by atoms with van der Waals surface area (Å²) in [4.78, 5) is 0. The summed E-state index contributed by atoms with van der Waals surface area (Å²) in [5.74, 6) is 1.02. The molecule has 0 amide bonds. The van der Waals surface area contributed by atoms with Crippen molar-refractivity contribution < 1.29 is 0 Å². The zero-order chi connectivity index (χ0) is 11.7. The van der Waals surface area contributed by atoms with Gasteiger partial charge in [0.2, 0.25) is 0 Å². The number of hydrogen-bond acceptors (Lipinski definition) is 2. The molecule has 0 radical (unpaired) electrons. The van der Waals surface area contributed by atoms with E-state index < -0.39 is 0 Å². The number of rotatable bonds is 1. The highest BCUT2D eigenvalue weighted by Crippen LogP contribution is 2.33. The van der Waals surface area contributed by atoms with Crippen LogP contribution in [-0.4, -0.2) is 16.7 Å². The first-order valence-corrected chi connectivity index (χ1v) is 6.71. The molecule has 0 saturated carbocycles. The molecule has 3 rings (SSSR count). The van der Waals surface area contributed by atoms with Gasteiger partial charge in [0.15, 0.2) is 5.82 Å². The Kier molecular flexibility index (Phi) is 2.89. The summed E-state index contributed by atoms with van der Waals surface area (Å²) in [5, 5.41) is 10.9. The third kappa shape index (κ3) is 1.97. The second-order valence-corrected chi connectivity index (χ2v) is 5.14. The number of aromatic nitrogens is 2. The van der Waals surface area contributed by atoms with E-state index in [0.29, 0.717) is 0 Å². The summed E-state index contributed by atoms with van der Waals surface area (Å²) >= 11 is 3.60. The van der Waals surface area contributed by atoms with Crippen LogP contribution in [0.25, 0.3) is 11.3 Å². The lowest BCUT2D eigenvalue weighted by Gasteiger charge is -2.05. The quantitative estimate of drug-likeness (QED) is 0.843. The van der Waals surface area contributed by atoms with Gasteiger partial charge in [-0.05, 0) is 25.3 Å². The van der Waals surface area contributed by atoms with Crippen LogP contribution < -0.4 is 5.32 Å². The fourth-order valence-corrected chi connectivity index (χ4v) is 2.76. The second kappa shape index (κ2) is 4.53. The fraction of sp³-hybridized carbons (Fsp3) is 0.308. The molecule has 4 heteroatoms. The maximum Gasteiger partial charge on any atom is 0.151 e. The molecule has 1 aromatic heterocycles. The Hall–Kier alpha value is -1.29. The van der Waals surface area contributed by atoms with Gasteiger partial charge in [-0.3, -0.25) is 5.10 Å². The molecule has 1 aliphatic heterocycles. The summed E-state index contributed by atoms with van der Waals surface area (Å²) in [5.41, 5.74) is 3.64. The van der Waals surface area contributed by atoms with Crippen molar-refractivity contribution in [3.63, 3.8) is 0 Å². The Morgan fingerprint density at radius 1 is 1.18 bits per heavy atom. The van der Waals surface area contributed by atoms with Crippen molar-refractivity contribution in [1.82, 2.24) is 10.2 Å². The lowest BCUT2D eigenvalue weighted by molar-refractivity contribution is 0.783.